The maximum absolute atomic E-state index is 14.2. The van der Waals surface area contributed by atoms with Crippen LogP contribution in [0, 0.1) is 0 Å². The van der Waals surface area contributed by atoms with E-state index < -0.39 is 59.8 Å². The minimum Gasteiger partial charge on any atom is -0.461 e. The first kappa shape index (κ1) is 26.2. The van der Waals surface area contributed by atoms with Gasteiger partial charge in [-0.1, -0.05) is 0 Å². The molecule has 3 heterocycles. The number of alkyl halides is 5. The van der Waals surface area contributed by atoms with Crippen LogP contribution in [-0.2, 0) is 10.9 Å². The Labute approximate surface area is 208 Å². The molecule has 0 spiro atoms. The van der Waals surface area contributed by atoms with Crippen LogP contribution in [0.3, 0.4) is 0 Å². The first-order chi connectivity index (χ1) is 16.7. The lowest BCUT2D eigenvalue weighted by molar-refractivity contribution is -0.137. The van der Waals surface area contributed by atoms with E-state index in [0.717, 1.165) is 36.4 Å². The van der Waals surface area contributed by atoms with Crippen molar-refractivity contribution in [1.82, 2.24) is 14.9 Å². The molecular formula is C23H25F5N4O3S. The van der Waals surface area contributed by atoms with Crippen molar-refractivity contribution in [3.8, 4) is 10.4 Å². The number of halogens is 5. The summed E-state index contributed by atoms with van der Waals surface area (Å²) in [6.45, 7) is 3.91. The molecule has 0 radical (unpaired) electrons. The van der Waals surface area contributed by atoms with Gasteiger partial charge in [-0.25, -0.2) is 23.5 Å². The molecule has 2 fully saturated rings. The van der Waals surface area contributed by atoms with E-state index >= 15 is 0 Å². The molecule has 2 aromatic heterocycles. The second kappa shape index (κ2) is 9.24. The van der Waals surface area contributed by atoms with Crippen LogP contribution in [-0.4, -0.2) is 57.4 Å². The highest BCUT2D eigenvalue weighted by molar-refractivity contribution is 7.17. The Morgan fingerprint density at radius 3 is 2.53 bits per heavy atom. The zero-order chi connectivity index (χ0) is 26.5. The SMILES string of the molecule is CCOC(=O)c1nc(C(=O)N2CC(F)(F)CC2C)c(-c2cnc(NC3(C)CCC3)cc2C(F)(F)F)s1. The minimum atomic E-state index is -4.84. The summed E-state index contributed by atoms with van der Waals surface area (Å²) in [5, 5.41) is 2.67. The fourth-order valence-corrected chi connectivity index (χ4v) is 5.40. The van der Waals surface area contributed by atoms with Crippen LogP contribution in [0.5, 0.6) is 0 Å². The standard InChI is InChI=1S/C23H25F5N4O3S/c1-4-35-20(34)18-30-16(19(33)32-11-22(24,25)9-12(32)2)17(36-18)13-10-29-15(8-14(13)23(26,27)28)31-21(3)6-5-7-21/h8,10,12H,4-7,9,11H2,1-3H3,(H,29,31). The van der Waals surface area contributed by atoms with E-state index in [4.69, 9.17) is 4.74 Å². The molecule has 1 saturated carbocycles. The van der Waals surface area contributed by atoms with Crippen molar-refractivity contribution in [1.29, 1.82) is 0 Å². The number of anilines is 1. The topological polar surface area (TPSA) is 84.4 Å². The van der Waals surface area contributed by atoms with Crippen LogP contribution < -0.4 is 5.32 Å². The van der Waals surface area contributed by atoms with E-state index in [9.17, 15) is 31.5 Å². The summed E-state index contributed by atoms with van der Waals surface area (Å²) < 4.78 is 75.3. The Hall–Kier alpha value is -2.83. The van der Waals surface area contributed by atoms with E-state index in [2.05, 4.69) is 15.3 Å². The summed E-state index contributed by atoms with van der Waals surface area (Å²) >= 11 is 0.533. The van der Waals surface area contributed by atoms with Gasteiger partial charge in [-0.05, 0) is 46.1 Å². The van der Waals surface area contributed by atoms with Crippen molar-refractivity contribution in [3.05, 3.63) is 28.5 Å². The fraction of sp³-hybridized carbons (Fsp3) is 0.565. The van der Waals surface area contributed by atoms with Crippen molar-refractivity contribution in [3.63, 3.8) is 0 Å². The number of carbonyl (C=O) groups excluding carboxylic acids is 2. The predicted molar refractivity (Wildman–Crippen MR) is 122 cm³/mol. The van der Waals surface area contributed by atoms with Gasteiger partial charge in [-0.15, -0.1) is 11.3 Å². The molecule has 1 N–H and O–H groups in total. The van der Waals surface area contributed by atoms with Gasteiger partial charge >= 0.3 is 12.1 Å². The second-order valence-corrected chi connectivity index (χ2v) is 10.4. The fourth-order valence-electron chi connectivity index (χ4n) is 4.43. The van der Waals surface area contributed by atoms with E-state index in [1.807, 2.05) is 6.92 Å². The molecule has 1 amide bonds. The Morgan fingerprint density at radius 1 is 1.31 bits per heavy atom. The third kappa shape index (κ3) is 5.16. The van der Waals surface area contributed by atoms with E-state index in [0.29, 0.717) is 11.3 Å². The van der Waals surface area contributed by atoms with Crippen molar-refractivity contribution in [2.75, 3.05) is 18.5 Å². The highest BCUT2D eigenvalue weighted by atomic mass is 32.1. The lowest BCUT2D eigenvalue weighted by atomic mass is 9.78. The van der Waals surface area contributed by atoms with Gasteiger partial charge in [0.1, 0.15) is 11.5 Å². The third-order valence-corrected chi connectivity index (χ3v) is 7.48. The lowest BCUT2D eigenvalue weighted by Gasteiger charge is -2.39. The molecule has 0 bridgehead atoms. The van der Waals surface area contributed by atoms with Gasteiger partial charge in [0.2, 0.25) is 5.01 Å². The Kier molecular flexibility index (Phi) is 6.73. The van der Waals surface area contributed by atoms with E-state index in [-0.39, 0.29) is 27.8 Å². The molecule has 7 nitrogen and oxygen atoms in total. The summed E-state index contributed by atoms with van der Waals surface area (Å²) in [7, 11) is 0. The number of thiazole rings is 1. The molecule has 0 aromatic carbocycles. The van der Waals surface area contributed by atoms with Crippen LogP contribution in [0.15, 0.2) is 12.3 Å². The van der Waals surface area contributed by atoms with Gasteiger partial charge in [0.15, 0.2) is 0 Å². The minimum absolute atomic E-state index is 0.0177. The van der Waals surface area contributed by atoms with Gasteiger partial charge in [0.05, 0.1) is 23.6 Å². The van der Waals surface area contributed by atoms with Gasteiger partial charge in [-0.2, -0.15) is 13.2 Å². The summed E-state index contributed by atoms with van der Waals surface area (Å²) in [4.78, 5) is 34.2. The molecule has 36 heavy (non-hydrogen) atoms. The molecule has 2 aromatic rings. The number of pyridine rings is 1. The number of ether oxygens (including phenoxy) is 1. The van der Waals surface area contributed by atoms with Gasteiger partial charge in [-0.3, -0.25) is 4.79 Å². The molecule has 1 aliphatic carbocycles. The van der Waals surface area contributed by atoms with E-state index in [1.54, 1.807) is 0 Å². The molecular weight excluding hydrogens is 507 g/mol. The average Bonchev–Trinajstić information content (AvgIpc) is 3.32. The first-order valence-corrected chi connectivity index (χ1v) is 12.3. The molecule has 2 aliphatic rings. The number of nitrogens with one attached hydrogen (secondary N) is 1. The maximum atomic E-state index is 14.2. The Bertz CT molecular complexity index is 1180. The number of nitrogens with zero attached hydrogens (tertiary/aromatic N) is 3. The van der Waals surface area contributed by atoms with E-state index in [1.165, 1.54) is 13.8 Å². The number of hydrogen-bond donors (Lipinski definition) is 1. The molecule has 4 rings (SSSR count). The summed E-state index contributed by atoms with van der Waals surface area (Å²) in [5.74, 6) is -5.04. The molecule has 196 valence electrons. The Morgan fingerprint density at radius 2 is 2.00 bits per heavy atom. The third-order valence-electron chi connectivity index (χ3n) is 6.41. The quantitative estimate of drug-likeness (QED) is 0.384. The zero-order valence-corrected chi connectivity index (χ0v) is 20.7. The first-order valence-electron chi connectivity index (χ1n) is 11.5. The van der Waals surface area contributed by atoms with Crippen LogP contribution in [0.4, 0.5) is 27.8 Å². The van der Waals surface area contributed by atoms with Crippen molar-refractivity contribution in [2.24, 2.45) is 0 Å². The number of aromatic nitrogens is 2. The number of hydrogen-bond acceptors (Lipinski definition) is 7. The van der Waals surface area contributed by atoms with Crippen molar-refractivity contribution < 1.29 is 36.3 Å². The van der Waals surface area contributed by atoms with Crippen LogP contribution >= 0.6 is 11.3 Å². The van der Waals surface area contributed by atoms with Crippen molar-refractivity contribution in [2.45, 2.75) is 70.1 Å². The van der Waals surface area contributed by atoms with Gasteiger partial charge in [0.25, 0.3) is 11.8 Å². The van der Waals surface area contributed by atoms with Crippen LogP contribution in [0.2, 0.25) is 0 Å². The molecule has 13 heteroatoms. The average molecular weight is 533 g/mol. The normalized spacial score (nSPS) is 20.7. The summed E-state index contributed by atoms with van der Waals surface area (Å²) in [5.41, 5.74) is -2.44. The monoisotopic (exact) mass is 532 g/mol. The number of esters is 1. The van der Waals surface area contributed by atoms with Gasteiger partial charge in [0, 0.05) is 29.8 Å². The molecule has 1 unspecified atom stereocenters. The lowest BCUT2D eigenvalue weighted by Crippen LogP contribution is -2.41. The maximum Gasteiger partial charge on any atom is 0.417 e. The van der Waals surface area contributed by atoms with Gasteiger partial charge < -0.3 is 15.0 Å². The number of likely N-dealkylation sites (tertiary alicyclic amines) is 1. The zero-order valence-electron chi connectivity index (χ0n) is 19.8. The second-order valence-electron chi connectivity index (χ2n) is 9.41. The number of amides is 1. The van der Waals surface area contributed by atoms with Crippen LogP contribution in [0.1, 0.15) is 72.3 Å². The predicted octanol–water partition coefficient (Wildman–Crippen LogP) is 5.62. The summed E-state index contributed by atoms with van der Waals surface area (Å²) in [6.07, 6.45) is -1.94. The molecule has 1 saturated heterocycles. The number of rotatable bonds is 6. The summed E-state index contributed by atoms with van der Waals surface area (Å²) in [6, 6.07) is -0.0214. The largest absolute Gasteiger partial charge is 0.461 e. The smallest absolute Gasteiger partial charge is 0.417 e. The van der Waals surface area contributed by atoms with Crippen LogP contribution in [0.25, 0.3) is 10.4 Å². The molecule has 1 atom stereocenters. The van der Waals surface area contributed by atoms with Crippen molar-refractivity contribution >= 4 is 29.0 Å². The highest BCUT2D eigenvalue weighted by Gasteiger charge is 2.47. The Balaban J connectivity index is 1.81. The number of carbonyl (C=O) groups is 2. The molecule has 1 aliphatic heterocycles. The highest BCUT2D eigenvalue weighted by Crippen LogP contribution is 2.43.